The average molecular weight is 516 g/mol. The Bertz CT molecular complexity index is 1120. The van der Waals surface area contributed by atoms with Crippen molar-refractivity contribution >= 4 is 23.2 Å². The van der Waals surface area contributed by atoms with Gasteiger partial charge in [0.15, 0.2) is 0 Å². The van der Waals surface area contributed by atoms with Crippen LogP contribution in [0.4, 0.5) is 8.78 Å². The lowest BCUT2D eigenvalue weighted by Gasteiger charge is -2.22. The minimum Gasteiger partial charge on any atom is -0.465 e. The van der Waals surface area contributed by atoms with Crippen LogP contribution in [0.3, 0.4) is 0 Å². The SMILES string of the molecule is COC(=O)c1ccc(CCCN2C(=O)C(F)(F)C[C@@H]2C=C[C@@H](O)[C@@H](C)CC#CCc2ccccc2)s1. The van der Waals surface area contributed by atoms with Gasteiger partial charge >= 0.3 is 11.9 Å². The molecule has 1 aromatic carbocycles. The highest BCUT2D eigenvalue weighted by Crippen LogP contribution is 2.34. The molecule has 36 heavy (non-hydrogen) atoms. The summed E-state index contributed by atoms with van der Waals surface area (Å²) in [6.45, 7) is 2.01. The lowest BCUT2D eigenvalue weighted by Crippen LogP contribution is -2.36. The second-order valence-electron chi connectivity index (χ2n) is 8.91. The summed E-state index contributed by atoms with van der Waals surface area (Å²) in [4.78, 5) is 26.5. The number of hydrogen-bond donors (Lipinski definition) is 1. The van der Waals surface area contributed by atoms with Crippen molar-refractivity contribution in [1.82, 2.24) is 4.90 Å². The van der Waals surface area contributed by atoms with Crippen molar-refractivity contribution < 1.29 is 28.2 Å². The molecule has 0 bridgehead atoms. The number of alkyl halides is 2. The summed E-state index contributed by atoms with van der Waals surface area (Å²) in [6, 6.07) is 12.5. The molecular weight excluding hydrogens is 484 g/mol. The lowest BCUT2D eigenvalue weighted by atomic mass is 9.99. The summed E-state index contributed by atoms with van der Waals surface area (Å²) in [5.74, 6) is 0.958. The Morgan fingerprint density at radius 3 is 2.75 bits per heavy atom. The van der Waals surface area contributed by atoms with Gasteiger partial charge < -0.3 is 14.7 Å². The Hall–Kier alpha value is -3.02. The van der Waals surface area contributed by atoms with Crippen LogP contribution >= 0.6 is 11.3 Å². The first-order valence-electron chi connectivity index (χ1n) is 11.9. The largest absolute Gasteiger partial charge is 0.465 e. The van der Waals surface area contributed by atoms with E-state index in [9.17, 15) is 23.5 Å². The van der Waals surface area contributed by atoms with Crippen molar-refractivity contribution in [2.24, 2.45) is 5.92 Å². The number of aliphatic hydroxyl groups excluding tert-OH is 1. The van der Waals surface area contributed by atoms with Crippen LogP contribution in [0.25, 0.3) is 0 Å². The van der Waals surface area contributed by atoms with Crippen LogP contribution in [0.1, 0.15) is 46.3 Å². The van der Waals surface area contributed by atoms with Crippen LogP contribution in [0, 0.1) is 17.8 Å². The molecule has 192 valence electrons. The quantitative estimate of drug-likeness (QED) is 0.278. The van der Waals surface area contributed by atoms with Gasteiger partial charge in [-0.05, 0) is 36.5 Å². The molecule has 1 aliphatic heterocycles. The third-order valence-electron chi connectivity index (χ3n) is 6.11. The van der Waals surface area contributed by atoms with Gasteiger partial charge in [-0.1, -0.05) is 55.3 Å². The van der Waals surface area contributed by atoms with E-state index < -0.39 is 36.4 Å². The molecule has 1 aliphatic rings. The number of rotatable bonds is 10. The highest BCUT2D eigenvalue weighted by molar-refractivity contribution is 7.13. The Balaban J connectivity index is 1.52. The molecule has 1 amide bonds. The van der Waals surface area contributed by atoms with Crippen LogP contribution in [0.5, 0.6) is 0 Å². The number of ether oxygens (including phenoxy) is 1. The zero-order chi connectivity index (χ0) is 26.1. The maximum Gasteiger partial charge on any atom is 0.348 e. The minimum atomic E-state index is -3.42. The Morgan fingerprint density at radius 1 is 1.28 bits per heavy atom. The predicted molar refractivity (Wildman–Crippen MR) is 136 cm³/mol. The summed E-state index contributed by atoms with van der Waals surface area (Å²) in [6.07, 6.45) is 3.67. The van der Waals surface area contributed by atoms with Crippen molar-refractivity contribution in [1.29, 1.82) is 0 Å². The van der Waals surface area contributed by atoms with Crippen LogP contribution in [0.15, 0.2) is 54.6 Å². The van der Waals surface area contributed by atoms with E-state index in [4.69, 9.17) is 4.74 Å². The first-order valence-corrected chi connectivity index (χ1v) is 12.7. The summed E-state index contributed by atoms with van der Waals surface area (Å²) in [7, 11) is 1.31. The van der Waals surface area contributed by atoms with Crippen LogP contribution in [-0.4, -0.2) is 53.6 Å². The molecule has 1 N–H and O–H groups in total. The summed E-state index contributed by atoms with van der Waals surface area (Å²) in [5, 5.41) is 10.5. The normalized spacial score (nSPS) is 18.6. The number of carbonyl (C=O) groups is 2. The van der Waals surface area contributed by atoms with Crippen LogP contribution in [0.2, 0.25) is 0 Å². The predicted octanol–water partition coefficient (Wildman–Crippen LogP) is 4.89. The first kappa shape index (κ1) is 27.6. The van der Waals surface area contributed by atoms with Gasteiger partial charge in [-0.15, -0.1) is 17.3 Å². The minimum absolute atomic E-state index is 0.158. The number of hydrogen-bond acceptors (Lipinski definition) is 5. The van der Waals surface area contributed by atoms with Gasteiger partial charge in [-0.25, -0.2) is 4.79 Å². The molecule has 5 nitrogen and oxygen atoms in total. The molecule has 8 heteroatoms. The van der Waals surface area contributed by atoms with Crippen molar-refractivity contribution in [3.8, 4) is 11.8 Å². The Morgan fingerprint density at radius 2 is 2.03 bits per heavy atom. The topological polar surface area (TPSA) is 66.8 Å². The number of halogens is 2. The van der Waals surface area contributed by atoms with Crippen molar-refractivity contribution in [2.75, 3.05) is 13.7 Å². The fourth-order valence-corrected chi connectivity index (χ4v) is 4.92. The zero-order valence-electron chi connectivity index (χ0n) is 20.5. The Labute approximate surface area is 214 Å². The molecule has 3 rings (SSSR count). The molecule has 0 radical (unpaired) electrons. The monoisotopic (exact) mass is 515 g/mol. The lowest BCUT2D eigenvalue weighted by molar-refractivity contribution is -0.148. The van der Waals surface area contributed by atoms with E-state index in [1.165, 1.54) is 35.5 Å². The van der Waals surface area contributed by atoms with Gasteiger partial charge in [-0.2, -0.15) is 8.78 Å². The fourth-order valence-electron chi connectivity index (χ4n) is 3.95. The van der Waals surface area contributed by atoms with Crippen molar-refractivity contribution in [2.45, 2.75) is 57.1 Å². The summed E-state index contributed by atoms with van der Waals surface area (Å²) in [5.41, 5.74) is 1.12. The van der Waals surface area contributed by atoms with E-state index in [1.54, 1.807) is 12.1 Å². The number of likely N-dealkylation sites (tertiary alicyclic amines) is 1. The number of esters is 1. The van der Waals surface area contributed by atoms with Gasteiger partial charge in [0.2, 0.25) is 0 Å². The molecule has 3 atom stereocenters. The number of aryl methyl sites for hydroxylation is 1. The van der Waals surface area contributed by atoms with E-state index in [1.807, 2.05) is 37.3 Å². The molecule has 0 saturated carbocycles. The maximum absolute atomic E-state index is 14.2. The molecule has 1 aromatic heterocycles. The number of aliphatic hydroxyl groups is 1. The number of benzene rings is 1. The van der Waals surface area contributed by atoms with Gasteiger partial charge in [0.1, 0.15) is 4.88 Å². The third-order valence-corrected chi connectivity index (χ3v) is 7.23. The number of methoxy groups -OCH3 is 1. The van der Waals surface area contributed by atoms with E-state index in [0.717, 1.165) is 10.4 Å². The molecule has 2 aromatic rings. The smallest absolute Gasteiger partial charge is 0.348 e. The van der Waals surface area contributed by atoms with E-state index in [-0.39, 0.29) is 12.5 Å². The van der Waals surface area contributed by atoms with E-state index >= 15 is 0 Å². The zero-order valence-corrected chi connectivity index (χ0v) is 21.3. The fraction of sp³-hybridized carbons (Fsp3) is 0.429. The summed E-state index contributed by atoms with van der Waals surface area (Å²) >= 11 is 1.29. The van der Waals surface area contributed by atoms with Crippen molar-refractivity contribution in [3.63, 3.8) is 0 Å². The van der Waals surface area contributed by atoms with E-state index in [2.05, 4.69) is 11.8 Å². The molecule has 0 aliphatic carbocycles. The van der Waals surface area contributed by atoms with E-state index in [0.29, 0.717) is 30.6 Å². The number of thiophene rings is 1. The van der Waals surface area contributed by atoms with Gasteiger partial charge in [0.25, 0.3) is 5.91 Å². The molecule has 0 unspecified atom stereocenters. The Kier molecular flexibility index (Phi) is 9.80. The maximum atomic E-state index is 14.2. The highest BCUT2D eigenvalue weighted by Gasteiger charge is 2.52. The standard InChI is InChI=1S/C28H31F2NO4S/c1-20(9-6-7-12-21-10-4-3-5-11-21)24(32)16-14-22-19-28(29,30)27(34)31(22)18-8-13-23-15-17-25(36-23)26(33)35-2/h3-5,10-11,14-17,20,22,24,32H,8-9,12-13,18-19H2,1-2H3/t20-,22-,24+/m0/s1. The van der Waals surface area contributed by atoms with Gasteiger partial charge in [0, 0.05) is 30.7 Å². The number of nitrogens with zero attached hydrogens (tertiary/aromatic N) is 1. The first-order chi connectivity index (χ1) is 17.2. The number of amides is 1. The molecular formula is C28H31F2NO4S. The second-order valence-corrected chi connectivity index (χ2v) is 10.1. The second kappa shape index (κ2) is 12.8. The highest BCUT2D eigenvalue weighted by atomic mass is 32.1. The summed E-state index contributed by atoms with van der Waals surface area (Å²) < 4.78 is 33.1. The molecule has 0 spiro atoms. The third kappa shape index (κ3) is 7.49. The van der Waals surface area contributed by atoms with Crippen LogP contribution in [-0.2, 0) is 22.4 Å². The molecule has 1 fully saturated rings. The molecule has 2 heterocycles. The number of carbonyl (C=O) groups excluding carboxylic acids is 2. The van der Waals surface area contributed by atoms with Crippen LogP contribution < -0.4 is 0 Å². The van der Waals surface area contributed by atoms with Crippen molar-refractivity contribution in [3.05, 3.63) is 69.9 Å². The average Bonchev–Trinajstić information content (AvgIpc) is 3.43. The van der Waals surface area contributed by atoms with Gasteiger partial charge in [0.05, 0.1) is 19.3 Å². The van der Waals surface area contributed by atoms with Gasteiger partial charge in [-0.3, -0.25) is 4.79 Å². The molecule has 1 saturated heterocycles.